The summed E-state index contributed by atoms with van der Waals surface area (Å²) in [5, 5.41) is 3.83. The fourth-order valence-corrected chi connectivity index (χ4v) is 3.64. The Kier molecular flexibility index (Phi) is 4.57. The van der Waals surface area contributed by atoms with Crippen molar-refractivity contribution >= 4 is 11.8 Å². The first-order chi connectivity index (χ1) is 7.78. The molecular weight excluding hydrogens is 218 g/mol. The summed E-state index contributed by atoms with van der Waals surface area (Å²) < 4.78 is 5.96. The fourth-order valence-electron chi connectivity index (χ4n) is 2.91. The van der Waals surface area contributed by atoms with Crippen LogP contribution in [0, 0.1) is 0 Å². The molecule has 1 heterocycles. The zero-order valence-corrected chi connectivity index (χ0v) is 11.4. The molecule has 0 bridgehead atoms. The van der Waals surface area contributed by atoms with Gasteiger partial charge in [-0.3, -0.25) is 0 Å². The summed E-state index contributed by atoms with van der Waals surface area (Å²) >= 11 is 1.95. The largest absolute Gasteiger partial charge is 0.375 e. The Morgan fingerprint density at radius 1 is 1.50 bits per heavy atom. The fraction of sp³-hybridized carbons (Fsp3) is 1.00. The summed E-state index contributed by atoms with van der Waals surface area (Å²) in [6.07, 6.45) is 9.85. The SMILES string of the molecule is CCC(CSC)NC1CCOC2(CCC2)C1. The summed E-state index contributed by atoms with van der Waals surface area (Å²) in [5.41, 5.74) is 0.285. The first-order valence-electron chi connectivity index (χ1n) is 6.67. The van der Waals surface area contributed by atoms with Gasteiger partial charge < -0.3 is 10.1 Å². The molecule has 0 amide bonds. The van der Waals surface area contributed by atoms with Crippen molar-refractivity contribution in [2.24, 2.45) is 0 Å². The summed E-state index contributed by atoms with van der Waals surface area (Å²) in [7, 11) is 0. The van der Waals surface area contributed by atoms with E-state index in [2.05, 4.69) is 18.5 Å². The van der Waals surface area contributed by atoms with E-state index in [4.69, 9.17) is 4.74 Å². The molecule has 1 saturated carbocycles. The van der Waals surface area contributed by atoms with Crippen molar-refractivity contribution in [3.8, 4) is 0 Å². The monoisotopic (exact) mass is 243 g/mol. The molecule has 3 heteroatoms. The second kappa shape index (κ2) is 5.74. The van der Waals surface area contributed by atoms with E-state index in [0.717, 1.165) is 6.61 Å². The van der Waals surface area contributed by atoms with Gasteiger partial charge >= 0.3 is 0 Å². The lowest BCUT2D eigenvalue weighted by Gasteiger charge is -2.48. The van der Waals surface area contributed by atoms with Crippen LogP contribution in [0.3, 0.4) is 0 Å². The molecule has 1 N–H and O–H groups in total. The molecule has 2 rings (SSSR count). The number of ether oxygens (including phenoxy) is 1. The zero-order valence-electron chi connectivity index (χ0n) is 10.6. The number of nitrogens with one attached hydrogen (secondary N) is 1. The van der Waals surface area contributed by atoms with Gasteiger partial charge in [0.05, 0.1) is 5.60 Å². The minimum Gasteiger partial charge on any atom is -0.375 e. The number of hydrogen-bond donors (Lipinski definition) is 1. The third-order valence-electron chi connectivity index (χ3n) is 4.09. The Hall–Kier alpha value is 0.270. The van der Waals surface area contributed by atoms with Crippen molar-refractivity contribution in [2.75, 3.05) is 18.6 Å². The average Bonchev–Trinajstić information content (AvgIpc) is 2.27. The van der Waals surface area contributed by atoms with Gasteiger partial charge in [-0.1, -0.05) is 6.92 Å². The Morgan fingerprint density at radius 2 is 2.31 bits per heavy atom. The van der Waals surface area contributed by atoms with Crippen LogP contribution in [-0.4, -0.2) is 36.3 Å². The molecule has 2 aliphatic rings. The van der Waals surface area contributed by atoms with Gasteiger partial charge in [0.2, 0.25) is 0 Å². The van der Waals surface area contributed by atoms with Crippen LogP contribution in [0.1, 0.15) is 45.4 Å². The lowest BCUT2D eigenvalue weighted by molar-refractivity contribution is -0.136. The van der Waals surface area contributed by atoms with Crippen molar-refractivity contribution in [3.05, 3.63) is 0 Å². The Bertz CT molecular complexity index is 218. The van der Waals surface area contributed by atoms with Crippen LogP contribution in [-0.2, 0) is 4.74 Å². The quantitative estimate of drug-likeness (QED) is 0.802. The van der Waals surface area contributed by atoms with Gasteiger partial charge in [-0.25, -0.2) is 0 Å². The van der Waals surface area contributed by atoms with Gasteiger partial charge in [0.25, 0.3) is 0 Å². The van der Waals surface area contributed by atoms with E-state index in [-0.39, 0.29) is 5.60 Å². The Labute approximate surface area is 104 Å². The maximum absolute atomic E-state index is 5.96. The highest BCUT2D eigenvalue weighted by Crippen LogP contribution is 2.42. The maximum atomic E-state index is 5.96. The van der Waals surface area contributed by atoms with Gasteiger partial charge in [0, 0.05) is 24.4 Å². The third-order valence-corrected chi connectivity index (χ3v) is 4.83. The predicted octanol–water partition coefficient (Wildman–Crippen LogP) is 2.82. The van der Waals surface area contributed by atoms with Crippen LogP contribution in [0.2, 0.25) is 0 Å². The average molecular weight is 243 g/mol. The van der Waals surface area contributed by atoms with Gasteiger partial charge in [-0.05, 0) is 44.8 Å². The number of hydrogen-bond acceptors (Lipinski definition) is 3. The van der Waals surface area contributed by atoms with Crippen LogP contribution in [0.4, 0.5) is 0 Å². The lowest BCUT2D eigenvalue weighted by Crippen LogP contribution is -2.53. The number of rotatable bonds is 5. The number of thioether (sulfide) groups is 1. The standard InChI is InChI=1S/C13H25NOS/c1-3-11(10-16-2)14-12-5-8-15-13(9-12)6-4-7-13/h11-12,14H,3-10H2,1-2H3. The molecule has 0 aromatic heterocycles. The smallest absolute Gasteiger partial charge is 0.0697 e. The molecule has 2 fully saturated rings. The van der Waals surface area contributed by atoms with Gasteiger partial charge in [-0.2, -0.15) is 11.8 Å². The Balaban J connectivity index is 1.80. The molecule has 1 spiro atoms. The third kappa shape index (κ3) is 2.93. The zero-order chi connectivity index (χ0) is 11.4. The van der Waals surface area contributed by atoms with Crippen LogP contribution in [0.15, 0.2) is 0 Å². The van der Waals surface area contributed by atoms with E-state index in [1.54, 1.807) is 0 Å². The minimum atomic E-state index is 0.285. The minimum absolute atomic E-state index is 0.285. The van der Waals surface area contributed by atoms with Crippen LogP contribution < -0.4 is 5.32 Å². The summed E-state index contributed by atoms with van der Waals surface area (Å²) in [6, 6.07) is 1.39. The predicted molar refractivity (Wildman–Crippen MR) is 71.2 cm³/mol. The van der Waals surface area contributed by atoms with E-state index < -0.39 is 0 Å². The molecule has 94 valence electrons. The first kappa shape index (κ1) is 12.7. The summed E-state index contributed by atoms with van der Waals surface area (Å²) in [6.45, 7) is 3.25. The molecular formula is C13H25NOS. The second-order valence-corrected chi connectivity index (χ2v) is 6.21. The van der Waals surface area contributed by atoms with Crippen molar-refractivity contribution < 1.29 is 4.74 Å². The van der Waals surface area contributed by atoms with Crippen LogP contribution >= 0.6 is 11.8 Å². The highest BCUT2D eigenvalue weighted by Gasteiger charge is 2.42. The van der Waals surface area contributed by atoms with Gasteiger partial charge in [0.1, 0.15) is 0 Å². The lowest BCUT2D eigenvalue weighted by atomic mass is 9.74. The molecule has 2 unspecified atom stereocenters. The molecule has 1 saturated heterocycles. The Morgan fingerprint density at radius 3 is 2.88 bits per heavy atom. The maximum Gasteiger partial charge on any atom is 0.0697 e. The summed E-state index contributed by atoms with van der Waals surface area (Å²) in [4.78, 5) is 0. The highest BCUT2D eigenvalue weighted by molar-refractivity contribution is 7.98. The first-order valence-corrected chi connectivity index (χ1v) is 8.06. The van der Waals surface area contributed by atoms with E-state index in [1.165, 1.54) is 44.3 Å². The van der Waals surface area contributed by atoms with Gasteiger partial charge in [-0.15, -0.1) is 0 Å². The molecule has 16 heavy (non-hydrogen) atoms. The van der Waals surface area contributed by atoms with Crippen molar-refractivity contribution in [1.29, 1.82) is 0 Å². The van der Waals surface area contributed by atoms with E-state index in [9.17, 15) is 0 Å². The van der Waals surface area contributed by atoms with E-state index >= 15 is 0 Å². The normalized spacial score (nSPS) is 30.0. The molecule has 0 radical (unpaired) electrons. The summed E-state index contributed by atoms with van der Waals surface area (Å²) in [5.74, 6) is 1.24. The van der Waals surface area contributed by atoms with Crippen molar-refractivity contribution in [1.82, 2.24) is 5.32 Å². The van der Waals surface area contributed by atoms with Crippen LogP contribution in [0.5, 0.6) is 0 Å². The topological polar surface area (TPSA) is 21.3 Å². The second-order valence-electron chi connectivity index (χ2n) is 5.30. The molecule has 1 aliphatic carbocycles. The van der Waals surface area contributed by atoms with Crippen molar-refractivity contribution in [3.63, 3.8) is 0 Å². The molecule has 2 nitrogen and oxygen atoms in total. The molecule has 1 aliphatic heterocycles. The highest BCUT2D eigenvalue weighted by atomic mass is 32.2. The van der Waals surface area contributed by atoms with E-state index in [0.29, 0.717) is 12.1 Å². The van der Waals surface area contributed by atoms with E-state index in [1.807, 2.05) is 11.8 Å². The molecule has 0 aromatic rings. The van der Waals surface area contributed by atoms with Crippen LogP contribution in [0.25, 0.3) is 0 Å². The molecule has 0 aromatic carbocycles. The van der Waals surface area contributed by atoms with Gasteiger partial charge in [0.15, 0.2) is 0 Å². The van der Waals surface area contributed by atoms with Crippen molar-refractivity contribution in [2.45, 2.75) is 63.1 Å². The molecule has 2 atom stereocenters.